The van der Waals surface area contributed by atoms with Crippen molar-refractivity contribution < 1.29 is 24.1 Å². The van der Waals surface area contributed by atoms with Crippen LogP contribution in [0, 0.1) is 0 Å². The predicted octanol–water partition coefficient (Wildman–Crippen LogP) is 0.473. The van der Waals surface area contributed by atoms with Crippen molar-refractivity contribution in [3.05, 3.63) is 0 Å². The molecule has 2 heterocycles. The Morgan fingerprint density at radius 2 is 1.72 bits per heavy atom. The molecule has 0 aromatic carbocycles. The SMILES string of the molecule is COC.COC(C)(C)O.NC1CCC2COC1O2. The molecule has 0 amide bonds. The minimum absolute atomic E-state index is 0.0938. The van der Waals surface area contributed by atoms with Crippen LogP contribution in [0.25, 0.3) is 0 Å². The van der Waals surface area contributed by atoms with Gasteiger partial charge in [0.05, 0.1) is 18.8 Å². The Balaban J connectivity index is 0.000000282. The summed E-state index contributed by atoms with van der Waals surface area (Å²) in [4.78, 5) is 0. The third-order valence-electron chi connectivity index (χ3n) is 2.44. The predicted molar refractivity (Wildman–Crippen MR) is 68.1 cm³/mol. The number of hydrogen-bond donors (Lipinski definition) is 2. The van der Waals surface area contributed by atoms with Crippen LogP contribution in [0.3, 0.4) is 0 Å². The van der Waals surface area contributed by atoms with E-state index in [-0.39, 0.29) is 12.3 Å². The van der Waals surface area contributed by atoms with Gasteiger partial charge in [0.2, 0.25) is 0 Å². The Hall–Kier alpha value is -0.240. The number of nitrogens with two attached hydrogens (primary N) is 1. The van der Waals surface area contributed by atoms with E-state index in [1.54, 1.807) is 28.1 Å². The molecule has 2 fully saturated rings. The quantitative estimate of drug-likeness (QED) is 0.671. The molecule has 6 heteroatoms. The molecule has 2 aliphatic heterocycles. The topological polar surface area (TPSA) is 83.2 Å². The van der Waals surface area contributed by atoms with E-state index in [9.17, 15) is 0 Å². The maximum Gasteiger partial charge on any atom is 0.173 e. The molecule has 0 aromatic heterocycles. The van der Waals surface area contributed by atoms with Crippen LogP contribution in [0.2, 0.25) is 0 Å². The van der Waals surface area contributed by atoms with Crippen LogP contribution in [0.15, 0.2) is 0 Å². The van der Waals surface area contributed by atoms with Crippen LogP contribution in [0.4, 0.5) is 0 Å². The Morgan fingerprint density at radius 1 is 1.22 bits per heavy atom. The van der Waals surface area contributed by atoms with E-state index in [4.69, 9.17) is 20.3 Å². The summed E-state index contributed by atoms with van der Waals surface area (Å²) >= 11 is 0. The largest absolute Gasteiger partial charge is 0.388 e. The maximum atomic E-state index is 8.60. The van der Waals surface area contributed by atoms with Gasteiger partial charge >= 0.3 is 0 Å². The highest BCUT2D eigenvalue weighted by molar-refractivity contribution is 4.80. The molecule has 3 atom stereocenters. The van der Waals surface area contributed by atoms with E-state index in [0.29, 0.717) is 6.10 Å². The minimum Gasteiger partial charge on any atom is -0.388 e. The second-order valence-electron chi connectivity index (χ2n) is 4.76. The van der Waals surface area contributed by atoms with Gasteiger partial charge in [0, 0.05) is 21.3 Å². The standard InChI is InChI=1S/C6H11NO2.C4H10O2.C2H6O/c7-5-2-1-4-3-8-6(5)9-4;1-4(2,5)6-3;1-3-2/h4-6H,1-3,7H2;5H,1-3H3;1-2H3. The third kappa shape index (κ3) is 7.97. The van der Waals surface area contributed by atoms with Crippen molar-refractivity contribution in [1.29, 1.82) is 0 Å². The molecule has 0 radical (unpaired) electrons. The maximum absolute atomic E-state index is 8.60. The van der Waals surface area contributed by atoms with Crippen LogP contribution in [0.1, 0.15) is 26.7 Å². The van der Waals surface area contributed by atoms with E-state index >= 15 is 0 Å². The Morgan fingerprint density at radius 3 is 2.11 bits per heavy atom. The lowest BCUT2D eigenvalue weighted by Crippen LogP contribution is -2.39. The first-order valence-electron chi connectivity index (χ1n) is 6.04. The van der Waals surface area contributed by atoms with Gasteiger partial charge in [0.25, 0.3) is 0 Å². The molecule has 0 aromatic rings. The zero-order valence-corrected chi connectivity index (χ0v) is 12.0. The first-order chi connectivity index (χ1) is 8.34. The molecule has 0 aliphatic carbocycles. The lowest BCUT2D eigenvalue weighted by molar-refractivity contribution is -0.155. The number of rotatable bonds is 1. The molecule has 2 saturated heterocycles. The van der Waals surface area contributed by atoms with E-state index in [2.05, 4.69) is 9.47 Å². The summed E-state index contributed by atoms with van der Waals surface area (Å²) in [5.74, 6) is -0.958. The van der Waals surface area contributed by atoms with E-state index in [0.717, 1.165) is 19.4 Å². The Kier molecular flexibility index (Phi) is 8.67. The van der Waals surface area contributed by atoms with Crippen LogP contribution >= 0.6 is 0 Å². The summed E-state index contributed by atoms with van der Waals surface area (Å²) in [6.45, 7) is 3.90. The van der Waals surface area contributed by atoms with E-state index in [1.807, 2.05) is 0 Å². The summed E-state index contributed by atoms with van der Waals surface area (Å²) in [7, 11) is 4.71. The molecule has 2 rings (SSSR count). The molecule has 0 saturated carbocycles. The van der Waals surface area contributed by atoms with Gasteiger partial charge in [-0.2, -0.15) is 0 Å². The second kappa shape index (κ2) is 8.79. The zero-order valence-electron chi connectivity index (χ0n) is 12.0. The number of aliphatic hydroxyl groups is 1. The fourth-order valence-electron chi connectivity index (χ4n) is 1.36. The van der Waals surface area contributed by atoms with Crippen molar-refractivity contribution in [3.8, 4) is 0 Å². The Bertz CT molecular complexity index is 207. The second-order valence-corrected chi connectivity index (χ2v) is 4.76. The van der Waals surface area contributed by atoms with Crippen molar-refractivity contribution in [2.75, 3.05) is 27.9 Å². The Labute approximate surface area is 109 Å². The number of hydrogen-bond acceptors (Lipinski definition) is 6. The molecule has 2 bridgehead atoms. The average Bonchev–Trinajstić information content (AvgIpc) is 2.69. The third-order valence-corrected chi connectivity index (χ3v) is 2.44. The van der Waals surface area contributed by atoms with Crippen LogP contribution in [-0.4, -0.2) is 57.3 Å². The smallest absolute Gasteiger partial charge is 0.173 e. The van der Waals surface area contributed by atoms with Crippen LogP contribution in [-0.2, 0) is 18.9 Å². The van der Waals surface area contributed by atoms with Gasteiger partial charge in [0.15, 0.2) is 12.1 Å². The van der Waals surface area contributed by atoms with Gasteiger partial charge < -0.3 is 29.8 Å². The molecule has 3 unspecified atom stereocenters. The van der Waals surface area contributed by atoms with Crippen molar-refractivity contribution in [3.63, 3.8) is 0 Å². The molecular weight excluding hydrogens is 238 g/mol. The average molecular weight is 265 g/mol. The van der Waals surface area contributed by atoms with Crippen molar-refractivity contribution in [2.24, 2.45) is 5.73 Å². The van der Waals surface area contributed by atoms with Crippen molar-refractivity contribution >= 4 is 0 Å². The summed E-state index contributed by atoms with van der Waals surface area (Å²) < 4.78 is 19.3. The normalized spacial score (nSPS) is 29.8. The van der Waals surface area contributed by atoms with Gasteiger partial charge in [-0.1, -0.05) is 0 Å². The van der Waals surface area contributed by atoms with Gasteiger partial charge in [-0.25, -0.2) is 0 Å². The molecule has 110 valence electrons. The lowest BCUT2D eigenvalue weighted by atomic mass is 10.1. The molecular formula is C12H27NO5. The number of methoxy groups -OCH3 is 2. The summed E-state index contributed by atoms with van der Waals surface area (Å²) in [5.41, 5.74) is 5.67. The highest BCUT2D eigenvalue weighted by atomic mass is 16.7. The van der Waals surface area contributed by atoms with Gasteiger partial charge in [-0.15, -0.1) is 0 Å². The molecule has 6 nitrogen and oxygen atoms in total. The van der Waals surface area contributed by atoms with Gasteiger partial charge in [-0.3, -0.25) is 0 Å². The molecule has 18 heavy (non-hydrogen) atoms. The van der Waals surface area contributed by atoms with Gasteiger partial charge in [0.1, 0.15) is 0 Å². The van der Waals surface area contributed by atoms with E-state index < -0.39 is 5.79 Å². The minimum atomic E-state index is -0.958. The first kappa shape index (κ1) is 17.8. The van der Waals surface area contributed by atoms with Crippen molar-refractivity contribution in [2.45, 2.75) is 50.9 Å². The fourth-order valence-corrected chi connectivity index (χ4v) is 1.36. The first-order valence-corrected chi connectivity index (χ1v) is 6.04. The van der Waals surface area contributed by atoms with Gasteiger partial charge in [-0.05, 0) is 26.7 Å². The van der Waals surface area contributed by atoms with Crippen LogP contribution < -0.4 is 5.73 Å². The fraction of sp³-hybridized carbons (Fsp3) is 1.00. The highest BCUT2D eigenvalue weighted by Crippen LogP contribution is 2.25. The molecule has 0 spiro atoms. The highest BCUT2D eigenvalue weighted by Gasteiger charge is 2.35. The monoisotopic (exact) mass is 265 g/mol. The van der Waals surface area contributed by atoms with Crippen LogP contribution in [0.5, 0.6) is 0 Å². The molecule has 3 N–H and O–H groups in total. The summed E-state index contributed by atoms with van der Waals surface area (Å²) in [5, 5.41) is 8.60. The summed E-state index contributed by atoms with van der Waals surface area (Å²) in [6.07, 6.45) is 2.37. The zero-order chi connectivity index (χ0) is 14.2. The lowest BCUT2D eigenvalue weighted by Gasteiger charge is -2.23. The summed E-state index contributed by atoms with van der Waals surface area (Å²) in [6, 6.07) is 0.115. The van der Waals surface area contributed by atoms with Crippen molar-refractivity contribution in [1.82, 2.24) is 0 Å². The van der Waals surface area contributed by atoms with E-state index in [1.165, 1.54) is 7.11 Å². The molecule has 2 aliphatic rings. The number of fused-ring (bicyclic) bond motifs is 2. The number of ether oxygens (including phenoxy) is 4.